The van der Waals surface area contributed by atoms with Gasteiger partial charge >= 0.3 is 6.18 Å². The van der Waals surface area contributed by atoms with Crippen molar-refractivity contribution in [3.8, 4) is 0 Å². The van der Waals surface area contributed by atoms with Crippen LogP contribution in [0.25, 0.3) is 0 Å². The highest BCUT2D eigenvalue weighted by molar-refractivity contribution is 6.32. The quantitative estimate of drug-likeness (QED) is 0.804. The van der Waals surface area contributed by atoms with Crippen molar-refractivity contribution < 1.29 is 18.3 Å². The highest BCUT2D eigenvalue weighted by atomic mass is 35.5. The van der Waals surface area contributed by atoms with E-state index >= 15 is 0 Å². The van der Waals surface area contributed by atoms with Crippen molar-refractivity contribution in [3.63, 3.8) is 0 Å². The van der Waals surface area contributed by atoms with Crippen LogP contribution in [-0.4, -0.2) is 25.3 Å². The summed E-state index contributed by atoms with van der Waals surface area (Å²) in [6, 6.07) is 0.788. The van der Waals surface area contributed by atoms with E-state index in [1.54, 1.807) is 0 Å². The van der Waals surface area contributed by atoms with Crippen LogP contribution in [0.5, 0.6) is 0 Å². The molecule has 0 bridgehead atoms. The molecule has 2 aromatic heterocycles. The maximum Gasteiger partial charge on any atom is 0.417 e. The molecule has 0 aliphatic rings. The molecule has 0 aliphatic heterocycles. The Labute approximate surface area is 116 Å². The van der Waals surface area contributed by atoms with Crippen LogP contribution >= 0.6 is 11.6 Å². The highest BCUT2D eigenvalue weighted by Gasteiger charge is 2.31. The fourth-order valence-corrected chi connectivity index (χ4v) is 1.61. The van der Waals surface area contributed by atoms with E-state index in [4.69, 9.17) is 16.7 Å². The number of nitrogens with one attached hydrogen (secondary N) is 2. The molecule has 0 amide bonds. The number of aliphatic hydroxyl groups excluding tert-OH is 1. The highest BCUT2D eigenvalue weighted by Crippen LogP contribution is 2.32. The number of aliphatic hydroxyl groups is 1. The van der Waals surface area contributed by atoms with Gasteiger partial charge in [-0.25, -0.2) is 9.97 Å². The standard InChI is InChI=1S/C10H9ClF3N5O/c11-6-1-5(10(12,13)14)2-15-9(6)16-3-7-17-8(4-20)19-18-7/h1-2,20H,3-4H2,(H,15,16)(H,17,18,19). The molecular formula is C10H9ClF3N5O. The number of alkyl halides is 3. The van der Waals surface area contributed by atoms with Crippen LogP contribution in [-0.2, 0) is 19.3 Å². The summed E-state index contributed by atoms with van der Waals surface area (Å²) in [5, 5.41) is 17.6. The third-order valence-corrected chi connectivity index (χ3v) is 2.60. The smallest absolute Gasteiger partial charge is 0.388 e. The van der Waals surface area contributed by atoms with Gasteiger partial charge in [-0.15, -0.1) is 0 Å². The lowest BCUT2D eigenvalue weighted by Crippen LogP contribution is -2.08. The maximum atomic E-state index is 12.4. The molecule has 2 aromatic rings. The summed E-state index contributed by atoms with van der Waals surface area (Å²) in [6.07, 6.45) is -3.80. The summed E-state index contributed by atoms with van der Waals surface area (Å²) in [7, 11) is 0. The fourth-order valence-electron chi connectivity index (χ4n) is 1.38. The number of anilines is 1. The van der Waals surface area contributed by atoms with E-state index in [1.165, 1.54) is 0 Å². The Morgan fingerprint density at radius 2 is 2.15 bits per heavy atom. The van der Waals surface area contributed by atoms with E-state index in [2.05, 4.69) is 25.5 Å². The minimum atomic E-state index is -4.49. The molecule has 0 spiro atoms. The molecule has 0 radical (unpaired) electrons. The molecule has 0 aliphatic carbocycles. The SMILES string of the molecule is OCc1n[nH]c(CNc2ncc(C(F)(F)F)cc2Cl)n1. The number of hydrogen-bond acceptors (Lipinski definition) is 5. The molecular weight excluding hydrogens is 299 g/mol. The molecule has 10 heteroatoms. The number of aromatic amines is 1. The summed E-state index contributed by atoms with van der Waals surface area (Å²) in [5.41, 5.74) is -0.921. The molecule has 2 heterocycles. The van der Waals surface area contributed by atoms with Gasteiger partial charge in [0.15, 0.2) is 5.82 Å². The van der Waals surface area contributed by atoms with Crippen LogP contribution in [0.3, 0.4) is 0 Å². The van der Waals surface area contributed by atoms with Gasteiger partial charge < -0.3 is 10.4 Å². The molecule has 0 saturated heterocycles. The van der Waals surface area contributed by atoms with Gasteiger partial charge in [0.1, 0.15) is 18.2 Å². The van der Waals surface area contributed by atoms with Crippen LogP contribution in [0.15, 0.2) is 12.3 Å². The van der Waals surface area contributed by atoms with Crippen molar-refractivity contribution in [2.24, 2.45) is 0 Å². The second kappa shape index (κ2) is 5.63. The Balaban J connectivity index is 2.06. The molecule has 6 nitrogen and oxygen atoms in total. The van der Waals surface area contributed by atoms with E-state index in [0.717, 1.165) is 6.07 Å². The number of halogens is 4. The molecule has 20 heavy (non-hydrogen) atoms. The van der Waals surface area contributed by atoms with Crippen molar-refractivity contribution >= 4 is 17.4 Å². The third-order valence-electron chi connectivity index (χ3n) is 2.31. The zero-order chi connectivity index (χ0) is 14.8. The second-order valence-electron chi connectivity index (χ2n) is 3.76. The van der Waals surface area contributed by atoms with Crippen LogP contribution in [0.2, 0.25) is 5.02 Å². The van der Waals surface area contributed by atoms with Crippen LogP contribution in [0.4, 0.5) is 19.0 Å². The number of pyridine rings is 1. The monoisotopic (exact) mass is 307 g/mol. The lowest BCUT2D eigenvalue weighted by molar-refractivity contribution is -0.137. The minimum Gasteiger partial charge on any atom is -0.388 e. The summed E-state index contributed by atoms with van der Waals surface area (Å²) in [5.74, 6) is 0.710. The first kappa shape index (κ1) is 14.5. The largest absolute Gasteiger partial charge is 0.417 e. The zero-order valence-corrected chi connectivity index (χ0v) is 10.6. The molecule has 3 N–H and O–H groups in total. The first-order valence-corrected chi connectivity index (χ1v) is 5.75. The van der Waals surface area contributed by atoms with Crippen molar-refractivity contribution in [1.82, 2.24) is 20.2 Å². The Morgan fingerprint density at radius 3 is 2.70 bits per heavy atom. The number of H-pyrrole nitrogens is 1. The maximum absolute atomic E-state index is 12.4. The first-order valence-electron chi connectivity index (χ1n) is 5.38. The van der Waals surface area contributed by atoms with Gasteiger partial charge in [0.2, 0.25) is 0 Å². The molecule has 0 aromatic carbocycles. The van der Waals surface area contributed by atoms with Crippen molar-refractivity contribution in [2.75, 3.05) is 5.32 Å². The van der Waals surface area contributed by atoms with Gasteiger partial charge in [0.25, 0.3) is 0 Å². The minimum absolute atomic E-state index is 0.0987. The normalized spacial score (nSPS) is 11.7. The Morgan fingerprint density at radius 1 is 1.40 bits per heavy atom. The number of rotatable bonds is 4. The molecule has 108 valence electrons. The second-order valence-corrected chi connectivity index (χ2v) is 4.17. The van der Waals surface area contributed by atoms with E-state index in [-0.39, 0.29) is 29.8 Å². The van der Waals surface area contributed by atoms with E-state index < -0.39 is 11.7 Å². The zero-order valence-electron chi connectivity index (χ0n) is 9.87. The average molecular weight is 308 g/mol. The van der Waals surface area contributed by atoms with Crippen LogP contribution in [0, 0.1) is 0 Å². The van der Waals surface area contributed by atoms with E-state index in [0.29, 0.717) is 12.0 Å². The molecule has 0 unspecified atom stereocenters. The van der Waals surface area contributed by atoms with Gasteiger partial charge in [0.05, 0.1) is 17.1 Å². The van der Waals surface area contributed by atoms with Gasteiger partial charge in [-0.2, -0.15) is 18.3 Å². The van der Waals surface area contributed by atoms with E-state index in [1.807, 2.05) is 0 Å². The van der Waals surface area contributed by atoms with Crippen molar-refractivity contribution in [1.29, 1.82) is 0 Å². The molecule has 2 rings (SSSR count). The average Bonchev–Trinajstić information content (AvgIpc) is 2.84. The van der Waals surface area contributed by atoms with Crippen molar-refractivity contribution in [2.45, 2.75) is 19.3 Å². The first-order chi connectivity index (χ1) is 9.40. The fraction of sp³-hybridized carbons (Fsp3) is 0.300. The predicted octanol–water partition coefficient (Wildman–Crippen LogP) is 1.98. The molecule has 0 atom stereocenters. The summed E-state index contributed by atoms with van der Waals surface area (Å²) in [4.78, 5) is 7.51. The summed E-state index contributed by atoms with van der Waals surface area (Å²) in [6.45, 7) is -0.180. The van der Waals surface area contributed by atoms with Gasteiger partial charge in [-0.1, -0.05) is 11.6 Å². The Kier molecular flexibility index (Phi) is 4.09. The van der Waals surface area contributed by atoms with E-state index in [9.17, 15) is 13.2 Å². The Hall–Kier alpha value is -1.87. The third kappa shape index (κ3) is 3.36. The number of hydrogen-bond donors (Lipinski definition) is 3. The van der Waals surface area contributed by atoms with Gasteiger partial charge in [-0.05, 0) is 6.07 Å². The predicted molar refractivity (Wildman–Crippen MR) is 63.9 cm³/mol. The molecule has 0 saturated carbocycles. The summed E-state index contributed by atoms with van der Waals surface area (Å²) >= 11 is 5.72. The summed E-state index contributed by atoms with van der Waals surface area (Å²) < 4.78 is 37.3. The topological polar surface area (TPSA) is 86.7 Å². The van der Waals surface area contributed by atoms with Gasteiger partial charge in [-0.3, -0.25) is 5.10 Å². The number of aromatic nitrogens is 4. The number of nitrogens with zero attached hydrogens (tertiary/aromatic N) is 3. The van der Waals surface area contributed by atoms with Gasteiger partial charge in [0, 0.05) is 6.20 Å². The molecule has 0 fully saturated rings. The lowest BCUT2D eigenvalue weighted by atomic mass is 10.3. The van der Waals surface area contributed by atoms with Crippen LogP contribution in [0.1, 0.15) is 17.2 Å². The Bertz CT molecular complexity index is 601. The van der Waals surface area contributed by atoms with Crippen molar-refractivity contribution in [3.05, 3.63) is 34.5 Å². The van der Waals surface area contributed by atoms with Crippen LogP contribution < -0.4 is 5.32 Å². The lowest BCUT2D eigenvalue weighted by Gasteiger charge is -2.09.